The molecule has 19 heavy (non-hydrogen) atoms. The number of amides is 1. The molecule has 1 aromatic carbocycles. The summed E-state index contributed by atoms with van der Waals surface area (Å²) in [6.45, 7) is 0. The maximum absolute atomic E-state index is 12.0. The number of hydrogen-bond acceptors (Lipinski definition) is 3. The second kappa shape index (κ2) is 5.48. The van der Waals surface area contributed by atoms with E-state index in [0.29, 0.717) is 11.5 Å². The van der Waals surface area contributed by atoms with E-state index in [0.717, 1.165) is 0 Å². The normalized spacial score (nSPS) is 15.9. The summed E-state index contributed by atoms with van der Waals surface area (Å²) in [4.78, 5) is 30.9. The first-order valence-corrected chi connectivity index (χ1v) is 5.91. The quantitative estimate of drug-likeness (QED) is 0.467. The van der Waals surface area contributed by atoms with E-state index >= 15 is 0 Å². The molecule has 5 heteroatoms. The Morgan fingerprint density at radius 3 is 2.53 bits per heavy atom. The van der Waals surface area contributed by atoms with Gasteiger partial charge in [0.1, 0.15) is 5.82 Å². The topological polar surface area (TPSA) is 53.0 Å². The molecule has 1 aromatic rings. The van der Waals surface area contributed by atoms with Crippen LogP contribution in [0.4, 0.5) is 5.69 Å². The van der Waals surface area contributed by atoms with Crippen molar-refractivity contribution in [3.8, 4) is 0 Å². The first kappa shape index (κ1) is 13.0. The van der Waals surface area contributed by atoms with E-state index < -0.39 is 0 Å². The first-order chi connectivity index (χ1) is 9.08. The molecule has 0 saturated heterocycles. The average molecular weight is 257 g/mol. The van der Waals surface area contributed by atoms with Gasteiger partial charge in [-0.1, -0.05) is 18.2 Å². The van der Waals surface area contributed by atoms with E-state index in [1.165, 1.54) is 11.0 Å². The lowest BCUT2D eigenvalue weighted by Crippen LogP contribution is -2.35. The number of carbonyl (C=O) groups excluding carboxylic acids is 2. The van der Waals surface area contributed by atoms with E-state index in [1.807, 2.05) is 44.4 Å². The van der Waals surface area contributed by atoms with Crippen LogP contribution in [0.5, 0.6) is 0 Å². The smallest absolute Gasteiger partial charge is 0.240 e. The van der Waals surface area contributed by atoms with Crippen LogP contribution in [0.15, 0.2) is 47.2 Å². The average Bonchev–Trinajstić information content (AvgIpc) is 2.36. The summed E-state index contributed by atoms with van der Waals surface area (Å²) in [6, 6.07) is 9.17. The fraction of sp³-hybridized carbons (Fsp3) is 0.214. The summed E-state index contributed by atoms with van der Waals surface area (Å²) >= 11 is 0. The lowest BCUT2D eigenvalue weighted by molar-refractivity contribution is -0.124. The number of hydrogen-bond donors (Lipinski definition) is 0. The monoisotopic (exact) mass is 257 g/mol. The van der Waals surface area contributed by atoms with Gasteiger partial charge < -0.3 is 4.90 Å². The molecule has 1 aliphatic heterocycles. The highest BCUT2D eigenvalue weighted by molar-refractivity contribution is 6.14. The SMILES string of the molecule is CN(C)C=NC1=CC(=O)CC(=O)N1c1ccccc1. The molecule has 0 N–H and O–H groups in total. The van der Waals surface area contributed by atoms with Crippen molar-refractivity contribution in [3.63, 3.8) is 0 Å². The molecule has 1 aliphatic rings. The number of para-hydroxylation sites is 1. The van der Waals surface area contributed by atoms with Crippen molar-refractivity contribution in [1.82, 2.24) is 4.90 Å². The standard InChI is InChI=1S/C14H15N3O2/c1-16(2)10-15-13-8-12(18)9-14(19)17(13)11-6-4-3-5-7-11/h3-8,10H,9H2,1-2H3. The van der Waals surface area contributed by atoms with E-state index in [-0.39, 0.29) is 18.1 Å². The molecule has 0 atom stereocenters. The molecular formula is C14H15N3O2. The highest BCUT2D eigenvalue weighted by Crippen LogP contribution is 2.24. The molecular weight excluding hydrogens is 242 g/mol. The minimum atomic E-state index is -0.260. The van der Waals surface area contributed by atoms with Gasteiger partial charge in [-0.3, -0.25) is 14.5 Å². The Labute approximate surface area is 111 Å². The van der Waals surface area contributed by atoms with Crippen LogP contribution in [0, 0.1) is 0 Å². The van der Waals surface area contributed by atoms with Gasteiger partial charge >= 0.3 is 0 Å². The molecule has 0 aromatic heterocycles. The predicted molar refractivity (Wildman–Crippen MR) is 73.8 cm³/mol. The van der Waals surface area contributed by atoms with E-state index in [4.69, 9.17) is 0 Å². The molecule has 0 fully saturated rings. The summed E-state index contributed by atoms with van der Waals surface area (Å²) < 4.78 is 0. The van der Waals surface area contributed by atoms with E-state index in [9.17, 15) is 9.59 Å². The van der Waals surface area contributed by atoms with E-state index in [1.54, 1.807) is 11.2 Å². The van der Waals surface area contributed by atoms with Gasteiger partial charge in [0, 0.05) is 20.2 Å². The molecule has 2 rings (SSSR count). The number of allylic oxidation sites excluding steroid dienone is 1. The van der Waals surface area contributed by atoms with Crippen molar-refractivity contribution in [2.75, 3.05) is 19.0 Å². The molecule has 0 unspecified atom stereocenters. The molecule has 5 nitrogen and oxygen atoms in total. The number of benzene rings is 1. The highest BCUT2D eigenvalue weighted by Gasteiger charge is 2.26. The zero-order chi connectivity index (χ0) is 13.8. The molecule has 98 valence electrons. The van der Waals surface area contributed by atoms with Crippen LogP contribution >= 0.6 is 0 Å². The van der Waals surface area contributed by atoms with Gasteiger partial charge in [-0.05, 0) is 12.1 Å². The Balaban J connectivity index is 2.40. The number of carbonyl (C=O) groups is 2. The number of ketones is 1. The van der Waals surface area contributed by atoms with Crippen molar-refractivity contribution < 1.29 is 9.59 Å². The van der Waals surface area contributed by atoms with Gasteiger partial charge in [-0.15, -0.1) is 0 Å². The molecule has 0 bridgehead atoms. The van der Waals surface area contributed by atoms with Crippen LogP contribution in [0.25, 0.3) is 0 Å². The van der Waals surface area contributed by atoms with Crippen molar-refractivity contribution in [2.45, 2.75) is 6.42 Å². The lowest BCUT2D eigenvalue weighted by atomic mass is 10.1. The summed E-state index contributed by atoms with van der Waals surface area (Å²) in [7, 11) is 3.65. The Hall–Kier alpha value is -2.43. The molecule has 0 radical (unpaired) electrons. The van der Waals surface area contributed by atoms with Gasteiger partial charge in [0.2, 0.25) is 5.91 Å². The van der Waals surface area contributed by atoms with Gasteiger partial charge in [-0.2, -0.15) is 0 Å². The predicted octanol–water partition coefficient (Wildman–Crippen LogP) is 1.42. The molecule has 1 heterocycles. The van der Waals surface area contributed by atoms with E-state index in [2.05, 4.69) is 4.99 Å². The van der Waals surface area contributed by atoms with Crippen LogP contribution in [0.1, 0.15) is 6.42 Å². The second-order valence-corrected chi connectivity index (χ2v) is 4.42. The van der Waals surface area contributed by atoms with Gasteiger partial charge in [0.15, 0.2) is 5.78 Å². The second-order valence-electron chi connectivity index (χ2n) is 4.42. The Morgan fingerprint density at radius 1 is 1.21 bits per heavy atom. The fourth-order valence-electron chi connectivity index (χ4n) is 1.74. The van der Waals surface area contributed by atoms with Crippen LogP contribution in [0.2, 0.25) is 0 Å². The third-order valence-electron chi connectivity index (χ3n) is 2.53. The highest BCUT2D eigenvalue weighted by atomic mass is 16.2. The van der Waals surface area contributed by atoms with Crippen LogP contribution < -0.4 is 4.90 Å². The van der Waals surface area contributed by atoms with Gasteiger partial charge in [0.25, 0.3) is 0 Å². The number of anilines is 1. The third kappa shape index (κ3) is 3.07. The maximum atomic E-state index is 12.0. The fourth-order valence-corrected chi connectivity index (χ4v) is 1.74. The lowest BCUT2D eigenvalue weighted by Gasteiger charge is -2.25. The van der Waals surface area contributed by atoms with Crippen molar-refractivity contribution in [2.24, 2.45) is 4.99 Å². The number of aliphatic imine (C=N–C) groups is 1. The van der Waals surface area contributed by atoms with Crippen LogP contribution in [-0.2, 0) is 9.59 Å². The molecule has 0 spiro atoms. The molecule has 0 saturated carbocycles. The van der Waals surface area contributed by atoms with Crippen LogP contribution in [0.3, 0.4) is 0 Å². The Bertz CT molecular complexity index is 547. The van der Waals surface area contributed by atoms with Crippen LogP contribution in [-0.4, -0.2) is 37.0 Å². The molecule has 1 amide bonds. The van der Waals surface area contributed by atoms with Crippen molar-refractivity contribution in [1.29, 1.82) is 0 Å². The first-order valence-electron chi connectivity index (χ1n) is 5.91. The zero-order valence-electron chi connectivity index (χ0n) is 10.9. The number of nitrogens with zero attached hydrogens (tertiary/aromatic N) is 3. The minimum absolute atomic E-state index is 0.115. The summed E-state index contributed by atoms with van der Waals surface area (Å²) in [5.41, 5.74) is 0.710. The molecule has 0 aliphatic carbocycles. The maximum Gasteiger partial charge on any atom is 0.240 e. The third-order valence-corrected chi connectivity index (χ3v) is 2.53. The number of rotatable bonds is 3. The Morgan fingerprint density at radius 2 is 1.89 bits per heavy atom. The van der Waals surface area contributed by atoms with Crippen molar-refractivity contribution in [3.05, 3.63) is 42.2 Å². The van der Waals surface area contributed by atoms with Crippen molar-refractivity contribution >= 4 is 23.7 Å². The summed E-state index contributed by atoms with van der Waals surface area (Å²) in [6.07, 6.45) is 2.85. The Kier molecular flexibility index (Phi) is 3.75. The summed E-state index contributed by atoms with van der Waals surface area (Å²) in [5.74, 6) is -0.131. The van der Waals surface area contributed by atoms with Gasteiger partial charge in [-0.25, -0.2) is 4.99 Å². The minimum Gasteiger partial charge on any atom is -0.369 e. The largest absolute Gasteiger partial charge is 0.369 e. The zero-order valence-corrected chi connectivity index (χ0v) is 10.9. The summed E-state index contributed by atoms with van der Waals surface area (Å²) in [5, 5.41) is 0. The van der Waals surface area contributed by atoms with Gasteiger partial charge in [0.05, 0.1) is 18.4 Å².